The standard InChI is InChI=1S/C25H35NO4S2.C2H2O4/c1-27-21-9-7-19(17-23(21)29-3)11-14-26-13-5-12-25(31-15-6-16-32-25)20-8-10-22(28-2)24(18-20)30-4;3-1(4)2(5)6/h7-10,17-18,26H,5-6,11-16H2,1-4H3;(H,3,4)(H,5,6). The van der Waals surface area contributed by atoms with Crippen LogP contribution in [0.4, 0.5) is 0 Å². The van der Waals surface area contributed by atoms with Crippen LogP contribution in [0.3, 0.4) is 0 Å². The second kappa shape index (κ2) is 16.3. The number of thioether (sulfide) groups is 2. The topological polar surface area (TPSA) is 124 Å². The third-order valence-electron chi connectivity index (χ3n) is 5.86. The third-order valence-corrected chi connectivity index (χ3v) is 9.37. The van der Waals surface area contributed by atoms with Crippen LogP contribution in [0.5, 0.6) is 23.0 Å². The summed E-state index contributed by atoms with van der Waals surface area (Å²) >= 11 is 4.16. The largest absolute Gasteiger partial charge is 0.493 e. The van der Waals surface area contributed by atoms with Gasteiger partial charge in [0.25, 0.3) is 0 Å². The molecule has 3 rings (SSSR count). The normalized spacial score (nSPS) is 14.0. The molecule has 2 aromatic carbocycles. The summed E-state index contributed by atoms with van der Waals surface area (Å²) < 4.78 is 21.8. The number of carboxylic acid groups (broad SMARTS) is 2. The van der Waals surface area contributed by atoms with Crippen LogP contribution in [0, 0.1) is 0 Å². The van der Waals surface area contributed by atoms with Crippen LogP contribution in [0.1, 0.15) is 30.4 Å². The predicted octanol–water partition coefficient (Wildman–Crippen LogP) is 4.51. The van der Waals surface area contributed by atoms with E-state index < -0.39 is 11.9 Å². The van der Waals surface area contributed by atoms with Gasteiger partial charge in [-0.1, -0.05) is 12.1 Å². The maximum Gasteiger partial charge on any atom is 0.414 e. The van der Waals surface area contributed by atoms with Gasteiger partial charge in [0, 0.05) is 0 Å². The van der Waals surface area contributed by atoms with Crippen LogP contribution >= 0.6 is 23.5 Å². The monoisotopic (exact) mass is 567 g/mol. The zero-order chi connectivity index (χ0) is 28.0. The predicted molar refractivity (Wildman–Crippen MR) is 151 cm³/mol. The van der Waals surface area contributed by atoms with E-state index in [0.29, 0.717) is 0 Å². The van der Waals surface area contributed by atoms with Gasteiger partial charge in [-0.2, -0.15) is 0 Å². The molecule has 2 aromatic rings. The summed E-state index contributed by atoms with van der Waals surface area (Å²) in [5, 5.41) is 18.4. The highest BCUT2D eigenvalue weighted by Crippen LogP contribution is 2.54. The first-order valence-electron chi connectivity index (χ1n) is 12.2. The summed E-state index contributed by atoms with van der Waals surface area (Å²) in [7, 11) is 6.73. The van der Waals surface area contributed by atoms with Gasteiger partial charge < -0.3 is 34.5 Å². The molecule has 3 N–H and O–H groups in total. The summed E-state index contributed by atoms with van der Waals surface area (Å²) in [4.78, 5) is 18.2. The van der Waals surface area contributed by atoms with Gasteiger partial charge in [-0.3, -0.25) is 0 Å². The van der Waals surface area contributed by atoms with Gasteiger partial charge >= 0.3 is 11.9 Å². The van der Waals surface area contributed by atoms with Gasteiger partial charge in [0.1, 0.15) is 0 Å². The Morgan fingerprint density at radius 2 is 1.37 bits per heavy atom. The maximum absolute atomic E-state index is 9.10. The molecule has 1 heterocycles. The van der Waals surface area contributed by atoms with E-state index >= 15 is 0 Å². The lowest BCUT2D eigenvalue weighted by molar-refractivity contribution is -0.159. The molecule has 0 unspecified atom stereocenters. The molecule has 0 saturated carbocycles. The Labute approximate surface area is 232 Å². The molecule has 1 aliphatic heterocycles. The van der Waals surface area contributed by atoms with Crippen LogP contribution in [-0.2, 0) is 20.1 Å². The number of aliphatic carboxylic acids is 2. The third kappa shape index (κ3) is 9.21. The number of carboxylic acids is 2. The van der Waals surface area contributed by atoms with E-state index in [1.54, 1.807) is 28.4 Å². The van der Waals surface area contributed by atoms with Gasteiger partial charge in [0.15, 0.2) is 23.0 Å². The highest BCUT2D eigenvalue weighted by molar-refractivity contribution is 8.18. The van der Waals surface area contributed by atoms with Gasteiger partial charge in [-0.05, 0) is 85.7 Å². The van der Waals surface area contributed by atoms with Gasteiger partial charge in [0.2, 0.25) is 0 Å². The summed E-state index contributed by atoms with van der Waals surface area (Å²) in [5.41, 5.74) is 2.57. The summed E-state index contributed by atoms with van der Waals surface area (Å²) in [5.74, 6) is 1.91. The minimum atomic E-state index is -1.82. The minimum Gasteiger partial charge on any atom is -0.493 e. The highest BCUT2D eigenvalue weighted by Gasteiger charge is 2.35. The summed E-state index contributed by atoms with van der Waals surface area (Å²) in [6, 6.07) is 12.5. The number of benzene rings is 2. The van der Waals surface area contributed by atoms with Crippen molar-refractivity contribution in [3.8, 4) is 23.0 Å². The number of hydrogen-bond donors (Lipinski definition) is 3. The molecule has 1 aliphatic rings. The fraction of sp³-hybridized carbons (Fsp3) is 0.481. The van der Waals surface area contributed by atoms with Crippen molar-refractivity contribution < 1.29 is 38.7 Å². The van der Waals surface area contributed by atoms with E-state index in [-0.39, 0.29) is 4.08 Å². The molecule has 1 saturated heterocycles. The lowest BCUT2D eigenvalue weighted by Gasteiger charge is -2.37. The number of methoxy groups -OCH3 is 4. The summed E-state index contributed by atoms with van der Waals surface area (Å²) in [6.45, 7) is 1.95. The van der Waals surface area contributed by atoms with Crippen molar-refractivity contribution in [2.45, 2.75) is 29.8 Å². The van der Waals surface area contributed by atoms with Crippen LogP contribution in [0.2, 0.25) is 0 Å². The Morgan fingerprint density at radius 3 is 1.92 bits per heavy atom. The molecule has 0 bridgehead atoms. The second-order valence-corrected chi connectivity index (χ2v) is 11.3. The Morgan fingerprint density at radius 1 is 0.816 bits per heavy atom. The molecule has 0 radical (unpaired) electrons. The van der Waals surface area contributed by atoms with Crippen LogP contribution < -0.4 is 24.3 Å². The van der Waals surface area contributed by atoms with Crippen molar-refractivity contribution in [1.82, 2.24) is 5.32 Å². The van der Waals surface area contributed by atoms with Crippen molar-refractivity contribution in [3.63, 3.8) is 0 Å². The van der Waals surface area contributed by atoms with E-state index in [0.717, 1.165) is 55.4 Å². The van der Waals surface area contributed by atoms with Crippen molar-refractivity contribution >= 4 is 35.5 Å². The van der Waals surface area contributed by atoms with E-state index in [4.69, 9.17) is 38.7 Å². The lowest BCUT2D eigenvalue weighted by atomic mass is 10.1. The zero-order valence-corrected chi connectivity index (χ0v) is 23.9. The minimum absolute atomic E-state index is 0.0861. The van der Waals surface area contributed by atoms with E-state index in [2.05, 4.69) is 53.1 Å². The first kappa shape index (κ1) is 31.5. The molecule has 0 atom stereocenters. The number of carbonyl (C=O) groups is 2. The van der Waals surface area contributed by atoms with Crippen molar-refractivity contribution in [2.24, 2.45) is 0 Å². The van der Waals surface area contributed by atoms with Crippen LogP contribution in [-0.4, -0.2) is 75.2 Å². The molecule has 0 aromatic heterocycles. The van der Waals surface area contributed by atoms with E-state index in [1.165, 1.54) is 29.1 Å². The quantitative estimate of drug-likeness (QED) is 0.248. The van der Waals surface area contributed by atoms with Gasteiger partial charge in [0.05, 0.1) is 32.5 Å². The summed E-state index contributed by atoms with van der Waals surface area (Å²) in [6.07, 6.45) is 4.49. The highest BCUT2D eigenvalue weighted by atomic mass is 32.2. The first-order valence-corrected chi connectivity index (χ1v) is 14.2. The van der Waals surface area contributed by atoms with Crippen molar-refractivity contribution in [1.29, 1.82) is 0 Å². The molecule has 0 aliphatic carbocycles. The average molecular weight is 568 g/mol. The fourth-order valence-corrected chi connectivity index (χ4v) is 7.36. The second-order valence-electron chi connectivity index (χ2n) is 8.28. The fourth-order valence-electron chi connectivity index (χ4n) is 3.94. The smallest absolute Gasteiger partial charge is 0.414 e. The number of rotatable bonds is 12. The number of ether oxygens (including phenoxy) is 4. The lowest BCUT2D eigenvalue weighted by Crippen LogP contribution is -2.26. The molecule has 210 valence electrons. The van der Waals surface area contributed by atoms with Gasteiger partial charge in [-0.25, -0.2) is 9.59 Å². The van der Waals surface area contributed by atoms with Crippen molar-refractivity contribution in [2.75, 3.05) is 53.0 Å². The molecule has 0 spiro atoms. The zero-order valence-electron chi connectivity index (χ0n) is 22.3. The van der Waals surface area contributed by atoms with E-state index in [9.17, 15) is 0 Å². The number of hydrogen-bond acceptors (Lipinski definition) is 9. The van der Waals surface area contributed by atoms with E-state index in [1.807, 2.05) is 12.1 Å². The molecule has 9 nitrogen and oxygen atoms in total. The molecule has 38 heavy (non-hydrogen) atoms. The molecule has 1 fully saturated rings. The first-order chi connectivity index (χ1) is 18.3. The molecular weight excluding hydrogens is 530 g/mol. The molecule has 0 amide bonds. The maximum atomic E-state index is 9.10. The Kier molecular flexibility index (Phi) is 13.5. The Bertz CT molecular complexity index is 1030. The number of nitrogens with one attached hydrogen (secondary N) is 1. The van der Waals surface area contributed by atoms with Gasteiger partial charge in [-0.15, -0.1) is 23.5 Å². The van der Waals surface area contributed by atoms with Crippen molar-refractivity contribution in [3.05, 3.63) is 47.5 Å². The van der Waals surface area contributed by atoms with Crippen LogP contribution in [0.15, 0.2) is 36.4 Å². The SMILES string of the molecule is COc1ccc(CCNCCCC2(c3ccc(OC)c(OC)c3)SCCCS2)cc1OC.O=C(O)C(=O)O. The van der Waals surface area contributed by atoms with Crippen LogP contribution in [0.25, 0.3) is 0 Å². The molecular formula is C27H37NO8S2. The Hall–Kier alpha value is -2.76. The molecule has 11 heteroatoms. The Balaban J connectivity index is 0.000000757. The average Bonchev–Trinajstić information content (AvgIpc) is 2.95.